The van der Waals surface area contributed by atoms with Crippen molar-refractivity contribution in [3.63, 3.8) is 0 Å². The van der Waals surface area contributed by atoms with Gasteiger partial charge in [0.15, 0.2) is 0 Å². The molecule has 0 fully saturated rings. The van der Waals surface area contributed by atoms with Crippen molar-refractivity contribution in [1.82, 2.24) is 0 Å². The predicted molar refractivity (Wildman–Crippen MR) is 95.3 cm³/mol. The van der Waals surface area contributed by atoms with Crippen LogP contribution in [-0.4, -0.2) is 8.07 Å². The normalized spacial score (nSPS) is 23.3. The monoisotopic (exact) mass is 548 g/mol. The van der Waals surface area contributed by atoms with Gasteiger partial charge in [-0.1, -0.05) is 87.4 Å². The Morgan fingerprint density at radius 1 is 0.750 bits per heavy atom. The minimum Gasteiger partial charge on any atom is -1.00 e. The van der Waals surface area contributed by atoms with Crippen LogP contribution in [0.2, 0.25) is 12.1 Å². The van der Waals surface area contributed by atoms with Crippen molar-refractivity contribution in [2.75, 3.05) is 0 Å². The molecule has 0 N–H and O–H groups in total. The third-order valence-electron chi connectivity index (χ3n) is 5.87. The van der Waals surface area contributed by atoms with Crippen LogP contribution in [0.4, 0.5) is 0 Å². The predicted octanol–water partition coefficient (Wildman–Crippen LogP) is -0.00972. The van der Waals surface area contributed by atoms with Gasteiger partial charge >= 0.3 is 25.8 Å². The number of hydrogen-bond acceptors (Lipinski definition) is 0. The molecular weight excluding hydrogens is 518 g/mol. The Hall–Kier alpha value is 0.627. The van der Waals surface area contributed by atoms with Gasteiger partial charge in [0, 0.05) is 0 Å². The molecule has 0 aromatic carbocycles. The minimum atomic E-state index is -1.65. The van der Waals surface area contributed by atoms with Crippen LogP contribution in [0.1, 0.15) is 55.4 Å². The number of rotatable bonds is 4. The Balaban J connectivity index is 0. The molecule has 24 heavy (non-hydrogen) atoms. The van der Waals surface area contributed by atoms with Gasteiger partial charge in [0.1, 0.15) is 0 Å². The van der Waals surface area contributed by atoms with Gasteiger partial charge < -0.3 is 24.8 Å². The third kappa shape index (κ3) is 4.13. The van der Waals surface area contributed by atoms with E-state index in [0.29, 0.717) is 11.8 Å². The number of hydrogen-bond donors (Lipinski definition) is 0. The van der Waals surface area contributed by atoms with Gasteiger partial charge in [0.05, 0.1) is 0 Å². The first-order valence-corrected chi connectivity index (χ1v) is 10.8. The Labute approximate surface area is 181 Å². The Bertz CT molecular complexity index is 532. The van der Waals surface area contributed by atoms with Crippen LogP contribution < -0.4 is 24.8 Å². The molecule has 0 radical (unpaired) electrons. The van der Waals surface area contributed by atoms with Crippen LogP contribution in [-0.2, 0) is 25.8 Å². The molecule has 2 atom stereocenters. The van der Waals surface area contributed by atoms with E-state index in [9.17, 15) is 0 Å². The summed E-state index contributed by atoms with van der Waals surface area (Å²) in [6.07, 6.45) is 7.36. The number of allylic oxidation sites excluding steroid dienone is 8. The zero-order valence-electron chi connectivity index (χ0n) is 16.3. The molecule has 2 rings (SSSR count). The summed E-state index contributed by atoms with van der Waals surface area (Å²) in [7, 11) is -1.65. The minimum absolute atomic E-state index is 0. The molecule has 0 amide bonds. The first kappa shape index (κ1) is 26.9. The molecule has 0 aliphatic heterocycles. The summed E-state index contributed by atoms with van der Waals surface area (Å²) >= 11 is 0. The Morgan fingerprint density at radius 2 is 1.04 bits per heavy atom. The fourth-order valence-corrected chi connectivity index (χ4v) is 10.3. The van der Waals surface area contributed by atoms with Gasteiger partial charge in [-0.15, -0.1) is 0 Å². The fourth-order valence-electron chi connectivity index (χ4n) is 4.59. The van der Waals surface area contributed by atoms with E-state index in [1.165, 1.54) is 23.2 Å². The zero-order chi connectivity index (χ0) is 15.9. The Morgan fingerprint density at radius 3 is 1.21 bits per heavy atom. The largest absolute Gasteiger partial charge is 4.00 e. The maximum Gasteiger partial charge on any atom is 4.00 e. The van der Waals surface area contributed by atoms with E-state index in [4.69, 9.17) is 0 Å². The van der Waals surface area contributed by atoms with E-state index in [1.54, 1.807) is 21.5 Å². The summed E-state index contributed by atoms with van der Waals surface area (Å²) in [5.74, 6) is 0.996. The van der Waals surface area contributed by atoms with E-state index in [0.717, 1.165) is 0 Å². The smallest absolute Gasteiger partial charge is 1.00 e. The molecule has 0 saturated carbocycles. The van der Waals surface area contributed by atoms with E-state index in [2.05, 4.69) is 67.5 Å². The topological polar surface area (TPSA) is 0 Å². The van der Waals surface area contributed by atoms with Crippen molar-refractivity contribution in [3.8, 4) is 0 Å². The molecule has 2 unspecified atom stereocenters. The molecule has 2 aliphatic carbocycles. The quantitative estimate of drug-likeness (QED) is 0.343. The summed E-state index contributed by atoms with van der Waals surface area (Å²) in [4.78, 5) is 0. The van der Waals surface area contributed by atoms with Gasteiger partial charge in [-0.2, -0.15) is 11.1 Å². The molecule has 0 bridgehead atoms. The van der Waals surface area contributed by atoms with Crippen LogP contribution in [0.15, 0.2) is 32.7 Å². The van der Waals surface area contributed by atoms with E-state index >= 15 is 0 Å². The van der Waals surface area contributed by atoms with Crippen molar-refractivity contribution in [2.24, 2.45) is 11.8 Å². The molecule has 0 heterocycles. The Kier molecular flexibility index (Phi) is 11.3. The van der Waals surface area contributed by atoms with Crippen LogP contribution in [0.3, 0.4) is 0 Å². The maximum absolute atomic E-state index is 3.68. The molecule has 0 aromatic rings. The summed E-state index contributed by atoms with van der Waals surface area (Å²) in [5, 5.41) is 3.40. The first-order chi connectivity index (χ1) is 9.80. The summed E-state index contributed by atoms with van der Waals surface area (Å²) < 4.78 is 0. The second kappa shape index (κ2) is 10.1. The second-order valence-corrected chi connectivity index (χ2v) is 11.5. The summed E-state index contributed by atoms with van der Waals surface area (Å²) in [5.41, 5.74) is 6.03. The van der Waals surface area contributed by atoms with Crippen LogP contribution in [0.5, 0.6) is 0 Å². The van der Waals surface area contributed by atoms with E-state index < -0.39 is 8.07 Å². The number of halogens is 2. The molecule has 0 aromatic heterocycles. The van der Waals surface area contributed by atoms with Gasteiger partial charge in [0.2, 0.25) is 0 Å². The van der Waals surface area contributed by atoms with Crippen LogP contribution in [0.25, 0.3) is 0 Å². The van der Waals surface area contributed by atoms with Crippen molar-refractivity contribution in [1.29, 1.82) is 0 Å². The van der Waals surface area contributed by atoms with Crippen molar-refractivity contribution in [3.05, 3.63) is 44.8 Å². The standard InChI is InChI=1S/C20H30Si.2ClH.Hf/c1-9-21(10-2,19-15(5)11-13(3)17(19)7)20-16(6)12-14(4)18(20)8;;;/h13-14H,9-10H2,1-8H3;2*1H;/q-2;;;+4/p-2. The first-order valence-electron chi connectivity index (χ1n) is 8.43. The van der Waals surface area contributed by atoms with E-state index in [1.807, 2.05) is 0 Å². The average molecular weight is 548 g/mol. The molecule has 0 nitrogen and oxygen atoms in total. The molecule has 0 spiro atoms. The van der Waals surface area contributed by atoms with Crippen LogP contribution >= 0.6 is 0 Å². The molecule has 0 saturated heterocycles. The maximum atomic E-state index is 3.68. The van der Waals surface area contributed by atoms with Crippen LogP contribution in [0, 0.1) is 24.0 Å². The van der Waals surface area contributed by atoms with Gasteiger partial charge in [-0.05, 0) is 0 Å². The second-order valence-electron chi connectivity index (χ2n) is 6.89. The summed E-state index contributed by atoms with van der Waals surface area (Å²) in [6, 6.07) is 2.58. The van der Waals surface area contributed by atoms with Gasteiger partial charge in [-0.25, -0.2) is 21.5 Å². The third-order valence-corrected chi connectivity index (χ3v) is 11.7. The van der Waals surface area contributed by atoms with Gasteiger partial charge in [0.25, 0.3) is 0 Å². The molecule has 132 valence electrons. The van der Waals surface area contributed by atoms with Crippen molar-refractivity contribution in [2.45, 2.75) is 67.5 Å². The molecule has 2 aliphatic rings. The van der Waals surface area contributed by atoms with Crippen molar-refractivity contribution >= 4 is 8.07 Å². The zero-order valence-corrected chi connectivity index (χ0v) is 22.4. The SMILES string of the molecule is CC[Si](CC)(C1=C(C)C(C)[C-]=C1C)C1=C(C)C(C)[C-]=C1C.[Cl-].[Cl-].[Hf+4]. The van der Waals surface area contributed by atoms with Crippen molar-refractivity contribution < 1.29 is 50.7 Å². The van der Waals surface area contributed by atoms with Gasteiger partial charge in [-0.3, -0.25) is 12.2 Å². The fraction of sp³-hybridized carbons (Fsp3) is 0.600. The van der Waals surface area contributed by atoms with E-state index in [-0.39, 0.29) is 50.7 Å². The average Bonchev–Trinajstić information content (AvgIpc) is 2.83. The molecule has 4 heteroatoms. The summed E-state index contributed by atoms with van der Waals surface area (Å²) in [6.45, 7) is 18.7. The molecular formula is C20H30Cl2HfSi.